The normalized spacial score (nSPS) is 25.9. The molecule has 218 valence electrons. The molecule has 9 heteroatoms. The largest absolute Gasteiger partial charge is 0.444 e. The van der Waals surface area contributed by atoms with Gasteiger partial charge in [0, 0.05) is 6.42 Å². The second kappa shape index (κ2) is 12.7. The molecule has 0 saturated heterocycles. The standard InChI is InChI=1S/C28H53NO8/c1-25(2,3)15-27(7,8)21(32)13-19(31)17(14-36-20-12-11-18(30)22(33)23(20)34)29-24(35)37-28(9,10)16-26(4,5)6/h11-12,17-23,30-34H,13-16H2,1-10H3,(H,29,35). The molecule has 7 unspecified atom stereocenters. The van der Waals surface area contributed by atoms with Gasteiger partial charge >= 0.3 is 6.09 Å². The van der Waals surface area contributed by atoms with E-state index in [2.05, 4.69) is 26.1 Å². The maximum atomic E-state index is 12.8. The molecule has 0 spiro atoms. The van der Waals surface area contributed by atoms with Crippen LogP contribution in [0.5, 0.6) is 0 Å². The van der Waals surface area contributed by atoms with Crippen molar-refractivity contribution >= 4 is 6.09 Å². The molecule has 1 rings (SSSR count). The quantitative estimate of drug-likeness (QED) is 0.223. The predicted octanol–water partition coefficient (Wildman–Crippen LogP) is 2.91. The molecule has 6 N–H and O–H groups in total. The van der Waals surface area contributed by atoms with E-state index in [-0.39, 0.29) is 23.9 Å². The lowest BCUT2D eigenvalue weighted by Crippen LogP contribution is -2.53. The van der Waals surface area contributed by atoms with Crippen LogP contribution in [0.15, 0.2) is 12.2 Å². The first kappa shape index (κ1) is 33.8. The third kappa shape index (κ3) is 12.0. The van der Waals surface area contributed by atoms with Crippen LogP contribution in [0.4, 0.5) is 4.79 Å². The minimum absolute atomic E-state index is 0.0207. The Balaban J connectivity index is 3.01. The Morgan fingerprint density at radius 2 is 1.41 bits per heavy atom. The number of carbonyl (C=O) groups is 1. The average molecular weight is 532 g/mol. The van der Waals surface area contributed by atoms with Gasteiger partial charge in [0.2, 0.25) is 0 Å². The van der Waals surface area contributed by atoms with Gasteiger partial charge in [-0.1, -0.05) is 67.5 Å². The lowest BCUT2D eigenvalue weighted by molar-refractivity contribution is -0.115. The molecule has 7 atom stereocenters. The maximum absolute atomic E-state index is 12.8. The zero-order valence-electron chi connectivity index (χ0n) is 24.5. The number of rotatable bonds is 11. The summed E-state index contributed by atoms with van der Waals surface area (Å²) in [5, 5.41) is 54.6. The number of aliphatic hydroxyl groups excluding tert-OH is 5. The van der Waals surface area contributed by atoms with Crippen LogP contribution in [0.25, 0.3) is 0 Å². The van der Waals surface area contributed by atoms with Gasteiger partial charge in [0.05, 0.1) is 24.9 Å². The predicted molar refractivity (Wildman–Crippen MR) is 143 cm³/mol. The van der Waals surface area contributed by atoms with Gasteiger partial charge in [0.25, 0.3) is 0 Å². The summed E-state index contributed by atoms with van der Waals surface area (Å²) in [7, 11) is 0. The first-order valence-electron chi connectivity index (χ1n) is 13.2. The molecule has 0 aromatic carbocycles. The fourth-order valence-electron chi connectivity index (χ4n) is 5.41. The summed E-state index contributed by atoms with van der Waals surface area (Å²) in [4.78, 5) is 12.8. The van der Waals surface area contributed by atoms with Gasteiger partial charge in [0.15, 0.2) is 0 Å². The Hall–Kier alpha value is -1.23. The minimum atomic E-state index is -1.42. The van der Waals surface area contributed by atoms with E-state index in [4.69, 9.17) is 9.47 Å². The van der Waals surface area contributed by atoms with Gasteiger partial charge < -0.3 is 40.3 Å². The number of hydrogen-bond acceptors (Lipinski definition) is 8. The van der Waals surface area contributed by atoms with E-state index in [0.717, 1.165) is 0 Å². The van der Waals surface area contributed by atoms with Crippen molar-refractivity contribution in [3.05, 3.63) is 12.2 Å². The van der Waals surface area contributed by atoms with Crippen LogP contribution >= 0.6 is 0 Å². The fourth-order valence-corrected chi connectivity index (χ4v) is 5.41. The molecular weight excluding hydrogens is 478 g/mol. The van der Waals surface area contributed by atoms with E-state index >= 15 is 0 Å². The first-order chi connectivity index (χ1) is 16.5. The summed E-state index contributed by atoms with van der Waals surface area (Å²) >= 11 is 0. The van der Waals surface area contributed by atoms with Crippen LogP contribution in [-0.4, -0.2) is 86.5 Å². The van der Waals surface area contributed by atoms with E-state index in [1.54, 1.807) is 0 Å². The van der Waals surface area contributed by atoms with Crippen LogP contribution in [0.3, 0.4) is 0 Å². The smallest absolute Gasteiger partial charge is 0.408 e. The fraction of sp³-hybridized carbons (Fsp3) is 0.893. The molecule has 37 heavy (non-hydrogen) atoms. The monoisotopic (exact) mass is 531 g/mol. The average Bonchev–Trinajstić information content (AvgIpc) is 2.66. The van der Waals surface area contributed by atoms with Crippen molar-refractivity contribution in [2.45, 2.75) is 137 Å². The second-order valence-corrected chi connectivity index (χ2v) is 14.3. The second-order valence-electron chi connectivity index (χ2n) is 14.3. The van der Waals surface area contributed by atoms with Gasteiger partial charge in [-0.25, -0.2) is 4.79 Å². The highest BCUT2D eigenvalue weighted by molar-refractivity contribution is 5.68. The molecule has 0 fully saturated rings. The highest BCUT2D eigenvalue weighted by Gasteiger charge is 2.38. The zero-order valence-corrected chi connectivity index (χ0v) is 24.5. The molecule has 1 amide bonds. The highest BCUT2D eigenvalue weighted by atomic mass is 16.6. The van der Waals surface area contributed by atoms with E-state index < -0.39 is 59.8 Å². The molecule has 0 aromatic heterocycles. The molecule has 0 saturated carbocycles. The van der Waals surface area contributed by atoms with Gasteiger partial charge in [-0.2, -0.15) is 0 Å². The number of nitrogens with one attached hydrogen (secondary N) is 1. The molecule has 1 aliphatic carbocycles. The van der Waals surface area contributed by atoms with Crippen LogP contribution < -0.4 is 5.32 Å². The van der Waals surface area contributed by atoms with E-state index in [0.29, 0.717) is 12.8 Å². The highest BCUT2D eigenvalue weighted by Crippen LogP contribution is 2.37. The van der Waals surface area contributed by atoms with Gasteiger partial charge in [-0.15, -0.1) is 0 Å². The van der Waals surface area contributed by atoms with Gasteiger partial charge in [-0.3, -0.25) is 0 Å². The lowest BCUT2D eigenvalue weighted by Gasteiger charge is -2.38. The first-order valence-corrected chi connectivity index (χ1v) is 13.2. The molecule has 0 aliphatic heterocycles. The molecule has 1 aliphatic rings. The Morgan fingerprint density at radius 1 is 0.865 bits per heavy atom. The summed E-state index contributed by atoms with van der Waals surface area (Å²) in [6.07, 6.45) is -3.71. The van der Waals surface area contributed by atoms with Crippen LogP contribution in [0, 0.1) is 16.2 Å². The third-order valence-electron chi connectivity index (χ3n) is 6.45. The summed E-state index contributed by atoms with van der Waals surface area (Å²) in [6.45, 7) is 19.7. The SMILES string of the molecule is CC(C)(C)CC(C)(C)OC(=O)NC(COC1C=CC(O)C(O)C1O)C(O)CC(O)C(C)(C)CC(C)(C)C. The number of alkyl carbamates (subject to hydrolysis) is 1. The van der Waals surface area contributed by atoms with Crippen molar-refractivity contribution < 1.29 is 39.8 Å². The van der Waals surface area contributed by atoms with E-state index in [1.165, 1.54) is 12.2 Å². The van der Waals surface area contributed by atoms with Crippen molar-refractivity contribution in [1.29, 1.82) is 0 Å². The molecule has 0 heterocycles. The van der Waals surface area contributed by atoms with Crippen LogP contribution in [0.2, 0.25) is 0 Å². The Bertz CT molecular complexity index is 752. The lowest BCUT2D eigenvalue weighted by atomic mass is 9.71. The van der Waals surface area contributed by atoms with Crippen molar-refractivity contribution in [2.24, 2.45) is 16.2 Å². The van der Waals surface area contributed by atoms with Gasteiger partial charge in [-0.05, 0) is 42.9 Å². The number of ether oxygens (including phenoxy) is 2. The Labute approximate surface area is 223 Å². The van der Waals surface area contributed by atoms with E-state index in [1.807, 2.05) is 48.5 Å². The Kier molecular flexibility index (Phi) is 11.6. The minimum Gasteiger partial charge on any atom is -0.444 e. The van der Waals surface area contributed by atoms with Crippen molar-refractivity contribution in [3.8, 4) is 0 Å². The summed E-state index contributed by atoms with van der Waals surface area (Å²) in [6, 6.07) is -0.970. The van der Waals surface area contributed by atoms with Crippen LogP contribution in [0.1, 0.15) is 88.5 Å². The summed E-state index contributed by atoms with van der Waals surface area (Å²) < 4.78 is 11.4. The zero-order chi connectivity index (χ0) is 29.0. The van der Waals surface area contributed by atoms with Crippen molar-refractivity contribution in [1.82, 2.24) is 5.32 Å². The molecule has 0 aromatic rings. The molecule has 0 radical (unpaired) electrons. The van der Waals surface area contributed by atoms with Crippen LogP contribution in [-0.2, 0) is 9.47 Å². The number of hydrogen-bond donors (Lipinski definition) is 6. The number of aliphatic hydroxyl groups is 5. The van der Waals surface area contributed by atoms with Crippen molar-refractivity contribution in [3.63, 3.8) is 0 Å². The maximum Gasteiger partial charge on any atom is 0.408 e. The molecular formula is C28H53NO8. The topological polar surface area (TPSA) is 149 Å². The number of amides is 1. The third-order valence-corrected chi connectivity index (χ3v) is 6.45. The van der Waals surface area contributed by atoms with Crippen molar-refractivity contribution in [2.75, 3.05) is 6.61 Å². The number of carbonyl (C=O) groups excluding carboxylic acids is 1. The van der Waals surface area contributed by atoms with E-state index in [9.17, 15) is 30.3 Å². The summed E-state index contributed by atoms with van der Waals surface area (Å²) in [5.41, 5.74) is -1.38. The molecule has 9 nitrogen and oxygen atoms in total. The molecule has 0 bridgehead atoms. The Morgan fingerprint density at radius 3 is 1.92 bits per heavy atom. The van der Waals surface area contributed by atoms with Gasteiger partial charge in [0.1, 0.15) is 30.0 Å². The summed E-state index contributed by atoms with van der Waals surface area (Å²) in [5.74, 6) is 0.